The molecule has 8 rings (SSSR count). The molecule has 2 aliphatic heterocycles. The maximum Gasteiger partial charge on any atom is 0.233 e. The number of para-hydroxylation sites is 1. The van der Waals surface area contributed by atoms with E-state index in [1.807, 2.05) is 49.6 Å². The number of benzene rings is 4. The Bertz CT molecular complexity index is 2050. The van der Waals surface area contributed by atoms with Gasteiger partial charge in [-0.15, -0.1) is 65.1 Å². The standard InChI is InChI=1S/C30H29BN3.C12H10N.Ir/c1-30(2,3)19-20-16-17-32-24(18-20)21-10-8-12-23-29(21)34(5)27-15-9-14-26-28(27)31(23)22-11-6-7-13-25(22)33(26)4;1-10-7-8-12(13-9-10)11-5-3-2-4-6-11;/h6-9,11-18H,19H2,1-5H3;2-5,7-9H,1H3;/q2*-1;. The van der Waals surface area contributed by atoms with Gasteiger partial charge in [-0.05, 0) is 76.6 Å². The second kappa shape index (κ2) is 13.5. The summed E-state index contributed by atoms with van der Waals surface area (Å²) in [5, 5.41) is 0. The Morgan fingerprint density at radius 2 is 1.46 bits per heavy atom. The zero-order chi connectivity index (χ0) is 32.7. The van der Waals surface area contributed by atoms with Crippen molar-refractivity contribution in [1.82, 2.24) is 9.97 Å². The molecule has 6 heteroatoms. The smallest absolute Gasteiger partial charge is 0.233 e. The van der Waals surface area contributed by atoms with Crippen LogP contribution in [0, 0.1) is 24.5 Å². The van der Waals surface area contributed by atoms with Crippen molar-refractivity contribution in [3.63, 3.8) is 0 Å². The number of hydrogen-bond donors (Lipinski definition) is 0. The minimum atomic E-state index is 0. The van der Waals surface area contributed by atoms with Crippen molar-refractivity contribution >= 4 is 45.9 Å². The summed E-state index contributed by atoms with van der Waals surface area (Å²) in [4.78, 5) is 13.8. The summed E-state index contributed by atoms with van der Waals surface area (Å²) in [5.41, 5.74) is 15.9. The molecule has 0 unspecified atom stereocenters. The van der Waals surface area contributed by atoms with Gasteiger partial charge in [-0.2, -0.15) is 0 Å². The van der Waals surface area contributed by atoms with Crippen LogP contribution in [0.4, 0.5) is 22.7 Å². The molecule has 0 saturated heterocycles. The van der Waals surface area contributed by atoms with Crippen molar-refractivity contribution in [3.8, 4) is 22.5 Å². The quantitative estimate of drug-likeness (QED) is 0.136. The summed E-state index contributed by atoms with van der Waals surface area (Å²) < 4.78 is 0. The number of aryl methyl sites for hydroxylation is 1. The third-order valence-corrected chi connectivity index (χ3v) is 9.04. The Balaban J connectivity index is 0.000000241. The first-order valence-electron chi connectivity index (χ1n) is 16.3. The Morgan fingerprint density at radius 1 is 0.708 bits per heavy atom. The van der Waals surface area contributed by atoms with Gasteiger partial charge < -0.3 is 19.8 Å². The summed E-state index contributed by atoms with van der Waals surface area (Å²) >= 11 is 0. The van der Waals surface area contributed by atoms with Crippen LogP contribution in [-0.2, 0) is 26.5 Å². The van der Waals surface area contributed by atoms with E-state index >= 15 is 0 Å². The molecule has 2 aromatic heterocycles. The van der Waals surface area contributed by atoms with Crippen molar-refractivity contribution in [2.75, 3.05) is 23.9 Å². The molecule has 4 heterocycles. The Kier molecular flexibility index (Phi) is 9.42. The minimum absolute atomic E-state index is 0. The Hall–Kier alpha value is -4.51. The molecule has 48 heavy (non-hydrogen) atoms. The van der Waals surface area contributed by atoms with Crippen molar-refractivity contribution in [2.24, 2.45) is 5.41 Å². The van der Waals surface area contributed by atoms with E-state index in [-0.39, 0.29) is 32.2 Å². The van der Waals surface area contributed by atoms with E-state index in [0.717, 1.165) is 28.9 Å². The molecule has 0 spiro atoms. The monoisotopic (exact) mass is 803 g/mol. The van der Waals surface area contributed by atoms with E-state index in [1.54, 1.807) is 0 Å². The number of anilines is 4. The summed E-state index contributed by atoms with van der Waals surface area (Å²) in [6, 6.07) is 42.8. The van der Waals surface area contributed by atoms with Gasteiger partial charge in [0.1, 0.15) is 0 Å². The van der Waals surface area contributed by atoms with Gasteiger partial charge in [0.2, 0.25) is 6.71 Å². The van der Waals surface area contributed by atoms with E-state index in [4.69, 9.17) is 4.98 Å². The van der Waals surface area contributed by atoms with Crippen molar-refractivity contribution in [3.05, 3.63) is 139 Å². The van der Waals surface area contributed by atoms with Crippen molar-refractivity contribution < 1.29 is 20.1 Å². The molecule has 0 saturated carbocycles. The third kappa shape index (κ3) is 6.35. The predicted molar refractivity (Wildman–Crippen MR) is 199 cm³/mol. The molecule has 0 N–H and O–H groups in total. The van der Waals surface area contributed by atoms with Crippen LogP contribution in [0.2, 0.25) is 0 Å². The van der Waals surface area contributed by atoms with E-state index in [2.05, 4.69) is 135 Å². The molecule has 0 aliphatic carbocycles. The van der Waals surface area contributed by atoms with Crippen molar-refractivity contribution in [1.29, 1.82) is 0 Å². The summed E-state index contributed by atoms with van der Waals surface area (Å²) in [6.45, 7) is 9.07. The molecule has 0 atom stereocenters. The van der Waals surface area contributed by atoms with Crippen LogP contribution in [0.3, 0.4) is 0 Å². The average Bonchev–Trinajstić information content (AvgIpc) is 3.08. The molecule has 0 fully saturated rings. The van der Waals surface area contributed by atoms with Crippen LogP contribution >= 0.6 is 0 Å². The zero-order valence-electron chi connectivity index (χ0n) is 28.4. The van der Waals surface area contributed by atoms with Crippen LogP contribution in [0.25, 0.3) is 22.5 Å². The Labute approximate surface area is 299 Å². The van der Waals surface area contributed by atoms with Crippen molar-refractivity contribution in [2.45, 2.75) is 34.1 Å². The molecule has 0 amide bonds. The molecule has 0 bridgehead atoms. The number of nitrogens with zero attached hydrogens (tertiary/aromatic N) is 4. The Morgan fingerprint density at radius 3 is 2.19 bits per heavy atom. The van der Waals surface area contributed by atoms with E-state index in [0.29, 0.717) is 0 Å². The summed E-state index contributed by atoms with van der Waals surface area (Å²) in [7, 11) is 4.36. The molecule has 1 radical (unpaired) electrons. The minimum Gasteiger partial charge on any atom is -0.385 e. The number of pyridine rings is 2. The zero-order valence-corrected chi connectivity index (χ0v) is 30.8. The van der Waals surface area contributed by atoms with Crippen LogP contribution in [-0.4, -0.2) is 30.8 Å². The van der Waals surface area contributed by atoms with Gasteiger partial charge in [0, 0.05) is 63.7 Å². The van der Waals surface area contributed by atoms with Gasteiger partial charge in [-0.1, -0.05) is 68.8 Å². The van der Waals surface area contributed by atoms with Gasteiger partial charge in [-0.25, -0.2) is 0 Å². The molecule has 241 valence electrons. The first-order chi connectivity index (χ1) is 22.7. The van der Waals surface area contributed by atoms with E-state index in [9.17, 15) is 0 Å². The van der Waals surface area contributed by atoms with E-state index < -0.39 is 0 Å². The summed E-state index contributed by atoms with van der Waals surface area (Å²) in [5.74, 6) is 0. The van der Waals surface area contributed by atoms with Crippen LogP contribution in [0.15, 0.2) is 116 Å². The van der Waals surface area contributed by atoms with Gasteiger partial charge >= 0.3 is 0 Å². The molecule has 2 aliphatic rings. The topological polar surface area (TPSA) is 32.3 Å². The average molecular weight is 803 g/mol. The van der Waals surface area contributed by atoms with Crippen LogP contribution in [0.5, 0.6) is 0 Å². The SMILES string of the molecule is CN1c2ccccc2B2c3cc[c-]c(-c4cc(CC(C)(C)C)ccn4)c3N(C)c3cccc1c32.Cc1ccc(-c2[c-]cccc2)nc1.[Ir]. The maximum atomic E-state index is 4.81. The first-order valence-corrected chi connectivity index (χ1v) is 16.3. The van der Waals surface area contributed by atoms with Gasteiger partial charge in [0.05, 0.1) is 0 Å². The molecule has 6 aromatic rings. The maximum absolute atomic E-state index is 4.81. The fourth-order valence-corrected chi connectivity index (χ4v) is 7.00. The first kappa shape index (κ1) is 33.4. The molecular weight excluding hydrogens is 764 g/mol. The van der Waals surface area contributed by atoms with Crippen LogP contribution < -0.4 is 26.2 Å². The second-order valence-corrected chi connectivity index (χ2v) is 13.8. The largest absolute Gasteiger partial charge is 0.385 e. The van der Waals surface area contributed by atoms with E-state index in [1.165, 1.54) is 50.3 Å². The molecular formula is C42H39BIrN4-2. The predicted octanol–water partition coefficient (Wildman–Crippen LogP) is 7.67. The van der Waals surface area contributed by atoms with Gasteiger partial charge in [0.25, 0.3) is 0 Å². The number of hydrogen-bond acceptors (Lipinski definition) is 4. The van der Waals surface area contributed by atoms with Crippen LogP contribution in [0.1, 0.15) is 31.9 Å². The van der Waals surface area contributed by atoms with Gasteiger partial charge in [-0.3, -0.25) is 0 Å². The summed E-state index contributed by atoms with van der Waals surface area (Å²) in [6.07, 6.45) is 4.83. The normalized spacial score (nSPS) is 12.6. The fourth-order valence-electron chi connectivity index (χ4n) is 7.00. The third-order valence-electron chi connectivity index (χ3n) is 9.04. The second-order valence-electron chi connectivity index (χ2n) is 13.8. The molecule has 4 aromatic carbocycles. The number of rotatable bonds is 3. The number of aromatic nitrogens is 2. The van der Waals surface area contributed by atoms with Gasteiger partial charge in [0.15, 0.2) is 0 Å². The fraction of sp³-hybridized carbons (Fsp3) is 0.190. The molecule has 4 nitrogen and oxygen atoms in total. The number of fused-ring (bicyclic) bond motifs is 4.